The lowest BCUT2D eigenvalue weighted by atomic mass is 10.0. The number of benzene rings is 1. The number of methoxy groups -OCH3 is 1. The maximum Gasteiger partial charge on any atom is 0.258 e. The van der Waals surface area contributed by atoms with Crippen LogP contribution in [0.25, 0.3) is 0 Å². The van der Waals surface area contributed by atoms with E-state index in [0.717, 1.165) is 23.4 Å². The number of aliphatic imine (C=N–C) groups is 1. The molecule has 3 heterocycles. The third kappa shape index (κ3) is 2.85. The zero-order valence-corrected chi connectivity index (χ0v) is 14.6. The molecule has 0 N–H and O–H groups in total. The lowest BCUT2D eigenvalue weighted by Gasteiger charge is -2.21. The first-order valence-electron chi connectivity index (χ1n) is 7.53. The fraction of sp³-hybridized carbons (Fsp3) is 0.235. The predicted molar refractivity (Wildman–Crippen MR) is 97.9 cm³/mol. The number of ether oxygens (including phenoxy) is 1. The summed E-state index contributed by atoms with van der Waals surface area (Å²) >= 11 is 3.15. The Labute approximate surface area is 148 Å². The quantitative estimate of drug-likeness (QED) is 0.843. The van der Waals surface area contributed by atoms with Crippen LogP contribution in [0, 0.1) is 0 Å². The molecule has 1 aromatic heterocycles. The topological polar surface area (TPSA) is 54.3 Å². The maximum atomic E-state index is 11.5. The van der Waals surface area contributed by atoms with Crippen LogP contribution in [0.5, 0.6) is 5.75 Å². The van der Waals surface area contributed by atoms with E-state index < -0.39 is 0 Å². The second-order valence-corrected chi connectivity index (χ2v) is 7.36. The Hall–Kier alpha value is -2.12. The first kappa shape index (κ1) is 15.4. The molecule has 4 rings (SSSR count). The van der Waals surface area contributed by atoms with Crippen LogP contribution in [-0.4, -0.2) is 34.7 Å². The molecular formula is C17H15N3O2S2. The summed E-state index contributed by atoms with van der Waals surface area (Å²) in [6.45, 7) is 0. The van der Waals surface area contributed by atoms with Crippen LogP contribution >= 0.6 is 23.1 Å². The van der Waals surface area contributed by atoms with Crippen LogP contribution < -0.4 is 4.74 Å². The summed E-state index contributed by atoms with van der Waals surface area (Å²) in [7, 11) is 1.66. The second-order valence-electron chi connectivity index (χ2n) is 5.44. The molecule has 0 saturated carbocycles. The van der Waals surface area contributed by atoms with Crippen LogP contribution in [0.2, 0.25) is 0 Å². The molecule has 122 valence electrons. The largest absolute Gasteiger partial charge is 0.497 e. The Morgan fingerprint density at radius 1 is 1.29 bits per heavy atom. The molecule has 1 unspecified atom stereocenters. The van der Waals surface area contributed by atoms with E-state index in [1.165, 1.54) is 16.6 Å². The molecule has 24 heavy (non-hydrogen) atoms. The van der Waals surface area contributed by atoms with Crippen molar-refractivity contribution < 1.29 is 9.53 Å². The number of amides is 1. The minimum atomic E-state index is -0.0926. The van der Waals surface area contributed by atoms with Gasteiger partial charge in [0, 0.05) is 16.9 Å². The van der Waals surface area contributed by atoms with Gasteiger partial charge < -0.3 is 4.74 Å². The van der Waals surface area contributed by atoms with Crippen molar-refractivity contribution in [2.24, 2.45) is 10.1 Å². The summed E-state index contributed by atoms with van der Waals surface area (Å²) in [4.78, 5) is 16.9. The average Bonchev–Trinajstić information content (AvgIpc) is 3.34. The molecule has 0 spiro atoms. The molecule has 1 amide bonds. The zero-order chi connectivity index (χ0) is 16.5. The van der Waals surface area contributed by atoms with Crippen LogP contribution in [0.4, 0.5) is 0 Å². The smallest absolute Gasteiger partial charge is 0.258 e. The van der Waals surface area contributed by atoms with Crippen LogP contribution in [0.3, 0.4) is 0 Å². The second kappa shape index (κ2) is 6.41. The van der Waals surface area contributed by atoms with E-state index >= 15 is 0 Å². The SMILES string of the molecule is COc1cccc(C2=NN(C3=NC(=O)CS3)C(c3cccs3)C2)c1. The van der Waals surface area contributed by atoms with Gasteiger partial charge in [-0.15, -0.1) is 11.3 Å². The third-order valence-electron chi connectivity index (χ3n) is 3.93. The van der Waals surface area contributed by atoms with Gasteiger partial charge in [-0.2, -0.15) is 10.1 Å². The van der Waals surface area contributed by atoms with Gasteiger partial charge in [-0.3, -0.25) is 4.79 Å². The lowest BCUT2D eigenvalue weighted by molar-refractivity contribution is -0.115. The van der Waals surface area contributed by atoms with Gasteiger partial charge >= 0.3 is 0 Å². The molecule has 0 radical (unpaired) electrons. The summed E-state index contributed by atoms with van der Waals surface area (Å²) in [6, 6.07) is 12.1. The Morgan fingerprint density at radius 3 is 2.92 bits per heavy atom. The highest BCUT2D eigenvalue weighted by molar-refractivity contribution is 8.14. The number of rotatable bonds is 3. The number of hydrazone groups is 1. The van der Waals surface area contributed by atoms with Crippen molar-refractivity contribution in [3.05, 3.63) is 52.2 Å². The number of hydrogen-bond donors (Lipinski definition) is 0. The Balaban J connectivity index is 1.71. The van der Waals surface area contributed by atoms with Gasteiger partial charge in [0.05, 0.1) is 24.6 Å². The minimum Gasteiger partial charge on any atom is -0.497 e. The number of thioether (sulfide) groups is 1. The van der Waals surface area contributed by atoms with Crippen molar-refractivity contribution in [3.8, 4) is 5.75 Å². The number of thiophene rings is 1. The summed E-state index contributed by atoms with van der Waals surface area (Å²) in [5, 5.41) is 9.44. The van der Waals surface area contributed by atoms with E-state index in [9.17, 15) is 4.79 Å². The van der Waals surface area contributed by atoms with Crippen molar-refractivity contribution in [3.63, 3.8) is 0 Å². The average molecular weight is 357 g/mol. The highest BCUT2D eigenvalue weighted by Gasteiger charge is 2.35. The van der Waals surface area contributed by atoms with Crippen LogP contribution in [0.15, 0.2) is 51.9 Å². The van der Waals surface area contributed by atoms with E-state index in [2.05, 4.69) is 16.4 Å². The Bertz CT molecular complexity index is 830. The first-order chi connectivity index (χ1) is 11.7. The number of amidine groups is 1. The molecule has 0 aliphatic carbocycles. The number of carbonyl (C=O) groups is 1. The van der Waals surface area contributed by atoms with Crippen molar-refractivity contribution in [1.29, 1.82) is 0 Å². The molecular weight excluding hydrogens is 342 g/mol. The van der Waals surface area contributed by atoms with Gasteiger partial charge in [0.1, 0.15) is 5.75 Å². The maximum absolute atomic E-state index is 11.5. The molecule has 0 saturated heterocycles. The fourth-order valence-electron chi connectivity index (χ4n) is 2.78. The van der Waals surface area contributed by atoms with Crippen LogP contribution in [-0.2, 0) is 4.79 Å². The summed E-state index contributed by atoms with van der Waals surface area (Å²) in [6.07, 6.45) is 0.779. The monoisotopic (exact) mass is 357 g/mol. The minimum absolute atomic E-state index is 0.0864. The van der Waals surface area contributed by atoms with E-state index in [0.29, 0.717) is 10.9 Å². The number of hydrogen-bond acceptors (Lipinski definition) is 6. The standard InChI is InChI=1S/C17H15N3O2S2/c1-22-12-5-2-4-11(8-12)13-9-14(15-6-3-7-23-15)20(19-13)17-18-16(21)10-24-17/h2-8,14H,9-10H2,1H3. The van der Waals surface area contributed by atoms with Gasteiger partial charge in [-0.1, -0.05) is 30.0 Å². The van der Waals surface area contributed by atoms with Crippen LogP contribution in [0.1, 0.15) is 22.9 Å². The van der Waals surface area contributed by atoms with Gasteiger partial charge in [0.15, 0.2) is 5.17 Å². The summed E-state index contributed by atoms with van der Waals surface area (Å²) < 4.78 is 5.32. The highest BCUT2D eigenvalue weighted by atomic mass is 32.2. The molecule has 1 atom stereocenters. The Kier molecular flexibility index (Phi) is 4.12. The predicted octanol–water partition coefficient (Wildman–Crippen LogP) is 3.54. The lowest BCUT2D eigenvalue weighted by Crippen LogP contribution is -2.23. The Morgan fingerprint density at radius 2 is 2.21 bits per heavy atom. The molecule has 0 fully saturated rings. The van der Waals surface area contributed by atoms with E-state index in [-0.39, 0.29) is 11.9 Å². The zero-order valence-electron chi connectivity index (χ0n) is 13.0. The van der Waals surface area contributed by atoms with Gasteiger partial charge in [0.25, 0.3) is 5.91 Å². The van der Waals surface area contributed by atoms with Crippen molar-refractivity contribution in [2.45, 2.75) is 12.5 Å². The third-order valence-corrected chi connectivity index (χ3v) is 5.83. The number of nitrogens with zero attached hydrogens (tertiary/aromatic N) is 3. The van der Waals surface area contributed by atoms with Crippen molar-refractivity contribution in [2.75, 3.05) is 12.9 Å². The first-order valence-corrected chi connectivity index (χ1v) is 9.40. The molecule has 1 aromatic carbocycles. The van der Waals surface area contributed by atoms with E-state index in [1.807, 2.05) is 35.3 Å². The normalized spacial score (nSPS) is 20.3. The van der Waals surface area contributed by atoms with Gasteiger partial charge in [0.2, 0.25) is 0 Å². The van der Waals surface area contributed by atoms with Gasteiger partial charge in [-0.05, 0) is 23.6 Å². The fourth-order valence-corrected chi connectivity index (χ4v) is 4.38. The molecule has 2 aromatic rings. The molecule has 5 nitrogen and oxygen atoms in total. The highest BCUT2D eigenvalue weighted by Crippen LogP contribution is 2.38. The van der Waals surface area contributed by atoms with E-state index in [1.54, 1.807) is 18.4 Å². The van der Waals surface area contributed by atoms with Gasteiger partial charge in [-0.25, -0.2) is 5.01 Å². The van der Waals surface area contributed by atoms with Crippen molar-refractivity contribution >= 4 is 39.9 Å². The number of carbonyl (C=O) groups excluding carboxylic acids is 1. The molecule has 2 aliphatic heterocycles. The van der Waals surface area contributed by atoms with Crippen molar-refractivity contribution in [1.82, 2.24) is 5.01 Å². The summed E-state index contributed by atoms with van der Waals surface area (Å²) in [5.41, 5.74) is 2.02. The molecule has 7 heteroatoms. The summed E-state index contributed by atoms with van der Waals surface area (Å²) in [5.74, 6) is 1.11. The molecule has 2 aliphatic rings. The van der Waals surface area contributed by atoms with E-state index in [4.69, 9.17) is 9.84 Å². The molecule has 0 bridgehead atoms.